The number of rotatable bonds is 5. The molecule has 2 heterocycles. The van der Waals surface area contributed by atoms with Gasteiger partial charge in [-0.05, 0) is 18.2 Å². The molecule has 126 valence electrons. The molecule has 25 heavy (non-hydrogen) atoms. The molecule has 0 bridgehead atoms. The Labute approximate surface area is 153 Å². The molecule has 4 rings (SSSR count). The smallest absolute Gasteiger partial charge is 0.173 e. The molecule has 6 heteroatoms. The Morgan fingerprint density at radius 2 is 1.88 bits per heavy atom. The lowest BCUT2D eigenvalue weighted by Gasteiger charge is -2.18. The first kappa shape index (κ1) is 16.2. The molecule has 0 saturated carbocycles. The van der Waals surface area contributed by atoms with E-state index in [4.69, 9.17) is 9.47 Å². The van der Waals surface area contributed by atoms with E-state index in [1.54, 1.807) is 29.5 Å². The Morgan fingerprint density at radius 3 is 2.72 bits per heavy atom. The number of nitrogens with zero attached hydrogens (tertiary/aromatic N) is 1. The van der Waals surface area contributed by atoms with E-state index in [0.29, 0.717) is 36.0 Å². The molecular weight excluding hydrogens is 354 g/mol. The maximum Gasteiger partial charge on any atom is 0.173 e. The average Bonchev–Trinajstić information content (AvgIpc) is 3.15. The van der Waals surface area contributed by atoms with Crippen molar-refractivity contribution in [2.45, 2.75) is 4.34 Å². The molecule has 0 atom stereocenters. The van der Waals surface area contributed by atoms with E-state index in [1.165, 1.54) is 11.8 Å². The summed E-state index contributed by atoms with van der Waals surface area (Å²) in [7, 11) is 0. The zero-order valence-corrected chi connectivity index (χ0v) is 14.9. The number of fused-ring (bicyclic) bond motifs is 1. The third-order valence-electron chi connectivity index (χ3n) is 3.74. The minimum Gasteiger partial charge on any atom is -0.486 e. The number of thiazole rings is 1. The Kier molecular flexibility index (Phi) is 4.72. The summed E-state index contributed by atoms with van der Waals surface area (Å²) in [4.78, 5) is 17.0. The number of hydrogen-bond acceptors (Lipinski definition) is 6. The van der Waals surface area contributed by atoms with Crippen LogP contribution in [0.1, 0.15) is 10.4 Å². The second-order valence-corrected chi connectivity index (χ2v) is 7.52. The van der Waals surface area contributed by atoms with Gasteiger partial charge in [-0.2, -0.15) is 0 Å². The zero-order valence-electron chi connectivity index (χ0n) is 13.3. The molecule has 0 fully saturated rings. The molecular formula is C19H15NO3S2. The van der Waals surface area contributed by atoms with Gasteiger partial charge in [0.2, 0.25) is 0 Å². The van der Waals surface area contributed by atoms with Crippen LogP contribution < -0.4 is 9.47 Å². The lowest BCUT2D eigenvalue weighted by Crippen LogP contribution is -2.16. The number of thioether (sulfide) groups is 1. The Bertz CT molecular complexity index is 893. The van der Waals surface area contributed by atoms with Gasteiger partial charge in [0.1, 0.15) is 13.2 Å². The summed E-state index contributed by atoms with van der Waals surface area (Å²) < 4.78 is 11.9. The summed E-state index contributed by atoms with van der Waals surface area (Å²) in [6.45, 7) is 1.06. The van der Waals surface area contributed by atoms with Gasteiger partial charge in [-0.3, -0.25) is 4.79 Å². The second-order valence-electron chi connectivity index (χ2n) is 5.43. The van der Waals surface area contributed by atoms with Crippen LogP contribution in [-0.2, 0) is 0 Å². The van der Waals surface area contributed by atoms with Gasteiger partial charge in [-0.25, -0.2) is 4.98 Å². The molecule has 2 aromatic carbocycles. The average molecular weight is 369 g/mol. The van der Waals surface area contributed by atoms with Gasteiger partial charge in [0.25, 0.3) is 0 Å². The van der Waals surface area contributed by atoms with Gasteiger partial charge in [-0.15, -0.1) is 11.3 Å². The van der Waals surface area contributed by atoms with Gasteiger partial charge in [0.05, 0.1) is 11.4 Å². The van der Waals surface area contributed by atoms with Crippen LogP contribution in [0.25, 0.3) is 11.3 Å². The number of ketones is 1. The van der Waals surface area contributed by atoms with Crippen molar-refractivity contribution in [2.24, 2.45) is 0 Å². The fourth-order valence-electron chi connectivity index (χ4n) is 2.49. The van der Waals surface area contributed by atoms with Gasteiger partial charge in [0.15, 0.2) is 21.6 Å². The zero-order chi connectivity index (χ0) is 17.1. The van der Waals surface area contributed by atoms with Crippen LogP contribution in [0.15, 0.2) is 58.3 Å². The van der Waals surface area contributed by atoms with E-state index in [0.717, 1.165) is 15.6 Å². The summed E-state index contributed by atoms with van der Waals surface area (Å²) in [6, 6.07) is 15.4. The van der Waals surface area contributed by atoms with Crippen molar-refractivity contribution < 1.29 is 14.3 Å². The van der Waals surface area contributed by atoms with E-state index >= 15 is 0 Å². The molecule has 3 aromatic rings. The predicted octanol–water partition coefficient (Wildman–Crippen LogP) is 4.56. The number of hydrogen-bond donors (Lipinski definition) is 0. The molecule has 1 aliphatic rings. The number of benzene rings is 2. The van der Waals surface area contributed by atoms with Crippen LogP contribution in [0, 0.1) is 0 Å². The number of aromatic nitrogens is 1. The number of Topliss-reactive ketones (excluding diaryl/α,β-unsaturated/α-hetero) is 1. The Balaban J connectivity index is 1.41. The minimum absolute atomic E-state index is 0.0541. The molecule has 0 N–H and O–H groups in total. The van der Waals surface area contributed by atoms with Crippen molar-refractivity contribution >= 4 is 28.9 Å². The summed E-state index contributed by atoms with van der Waals surface area (Å²) in [5.41, 5.74) is 2.67. The summed E-state index contributed by atoms with van der Waals surface area (Å²) in [6.07, 6.45) is 0. The number of carbonyl (C=O) groups excluding carboxylic acids is 1. The SMILES string of the molecule is O=C(CSc1nc(-c2ccccc2)cs1)c1ccc2c(c1)OCCO2. The maximum absolute atomic E-state index is 12.4. The van der Waals surface area contributed by atoms with Crippen molar-refractivity contribution in [1.29, 1.82) is 0 Å². The highest BCUT2D eigenvalue weighted by molar-refractivity contribution is 8.01. The molecule has 0 saturated heterocycles. The van der Waals surface area contributed by atoms with E-state index in [2.05, 4.69) is 4.98 Å². The predicted molar refractivity (Wildman–Crippen MR) is 100 cm³/mol. The highest BCUT2D eigenvalue weighted by atomic mass is 32.2. The topological polar surface area (TPSA) is 48.4 Å². The maximum atomic E-state index is 12.4. The van der Waals surface area contributed by atoms with Crippen LogP contribution in [0.4, 0.5) is 0 Å². The van der Waals surface area contributed by atoms with E-state index < -0.39 is 0 Å². The molecule has 1 aromatic heterocycles. The lowest BCUT2D eigenvalue weighted by atomic mass is 10.1. The van der Waals surface area contributed by atoms with Crippen molar-refractivity contribution in [3.63, 3.8) is 0 Å². The molecule has 0 amide bonds. The van der Waals surface area contributed by atoms with Gasteiger partial charge in [0, 0.05) is 16.5 Å². The van der Waals surface area contributed by atoms with Crippen LogP contribution in [0.3, 0.4) is 0 Å². The molecule has 0 spiro atoms. The summed E-state index contributed by atoms with van der Waals surface area (Å²) >= 11 is 3.02. The quantitative estimate of drug-likeness (QED) is 0.487. The first-order chi connectivity index (χ1) is 12.3. The highest BCUT2D eigenvalue weighted by Gasteiger charge is 2.15. The van der Waals surface area contributed by atoms with Crippen LogP contribution in [0.2, 0.25) is 0 Å². The summed E-state index contributed by atoms with van der Waals surface area (Å²) in [5, 5.41) is 2.02. The number of carbonyl (C=O) groups is 1. The van der Waals surface area contributed by atoms with Crippen LogP contribution >= 0.6 is 23.1 Å². The molecule has 0 unspecified atom stereocenters. The van der Waals surface area contributed by atoms with E-state index in [9.17, 15) is 4.79 Å². The second kappa shape index (κ2) is 7.29. The normalized spacial score (nSPS) is 12.8. The third kappa shape index (κ3) is 3.70. The van der Waals surface area contributed by atoms with Gasteiger partial charge in [-0.1, -0.05) is 42.1 Å². The van der Waals surface area contributed by atoms with Gasteiger partial charge >= 0.3 is 0 Å². The van der Waals surface area contributed by atoms with Crippen molar-refractivity contribution in [3.05, 3.63) is 59.5 Å². The van der Waals surface area contributed by atoms with E-state index in [1.807, 2.05) is 35.7 Å². The highest BCUT2D eigenvalue weighted by Crippen LogP contribution is 2.32. The third-order valence-corrected chi connectivity index (χ3v) is 5.76. The standard InChI is InChI=1S/C19H15NO3S2/c21-16(14-6-7-17-18(10-14)23-9-8-22-17)12-25-19-20-15(11-24-19)13-4-2-1-3-5-13/h1-7,10-11H,8-9,12H2. The van der Waals surface area contributed by atoms with Crippen molar-refractivity contribution in [3.8, 4) is 22.8 Å². The fraction of sp³-hybridized carbons (Fsp3) is 0.158. The molecule has 0 radical (unpaired) electrons. The Hall–Kier alpha value is -2.31. The minimum atomic E-state index is 0.0541. The molecule has 4 nitrogen and oxygen atoms in total. The van der Waals surface area contributed by atoms with Crippen molar-refractivity contribution in [1.82, 2.24) is 4.98 Å². The summed E-state index contributed by atoms with van der Waals surface area (Å²) in [5.74, 6) is 1.74. The largest absolute Gasteiger partial charge is 0.486 e. The first-order valence-electron chi connectivity index (χ1n) is 7.86. The molecule has 0 aliphatic carbocycles. The number of ether oxygens (including phenoxy) is 2. The van der Waals surface area contributed by atoms with E-state index in [-0.39, 0.29) is 5.78 Å². The van der Waals surface area contributed by atoms with Crippen LogP contribution in [-0.4, -0.2) is 29.7 Å². The van der Waals surface area contributed by atoms with Crippen molar-refractivity contribution in [2.75, 3.05) is 19.0 Å². The fourth-order valence-corrected chi connectivity index (χ4v) is 4.22. The van der Waals surface area contributed by atoms with Gasteiger partial charge < -0.3 is 9.47 Å². The monoisotopic (exact) mass is 369 g/mol. The Morgan fingerprint density at radius 1 is 1.08 bits per heavy atom. The molecule has 1 aliphatic heterocycles. The lowest BCUT2D eigenvalue weighted by molar-refractivity contribution is 0.102. The first-order valence-corrected chi connectivity index (χ1v) is 9.73. The van der Waals surface area contributed by atoms with Crippen LogP contribution in [0.5, 0.6) is 11.5 Å².